The van der Waals surface area contributed by atoms with Crippen molar-refractivity contribution in [2.45, 2.75) is 13.5 Å². The van der Waals surface area contributed by atoms with E-state index in [0.29, 0.717) is 0 Å². The van der Waals surface area contributed by atoms with E-state index in [1.54, 1.807) is 0 Å². The lowest BCUT2D eigenvalue weighted by Crippen LogP contribution is -1.99. The number of halogens is 1. The van der Waals surface area contributed by atoms with Crippen LogP contribution in [-0.4, -0.2) is 9.78 Å². The highest BCUT2D eigenvalue weighted by molar-refractivity contribution is 6.30. The van der Waals surface area contributed by atoms with E-state index in [1.807, 2.05) is 29.1 Å². The van der Waals surface area contributed by atoms with Crippen molar-refractivity contribution in [3.05, 3.63) is 77.1 Å². The van der Waals surface area contributed by atoms with E-state index in [1.165, 1.54) is 11.1 Å². The minimum absolute atomic E-state index is 0.729. The van der Waals surface area contributed by atoms with Gasteiger partial charge >= 0.3 is 0 Å². The van der Waals surface area contributed by atoms with Crippen LogP contribution in [0.15, 0.2) is 60.9 Å². The number of nitrogens with zero attached hydrogens (tertiary/aromatic N) is 2. The standard InChI is InChI=1S/C17H15ClN2/c1-13-4-2-6-15(8-13)16-10-19-20(12-16)11-14-5-3-7-17(18)9-14/h2-10,12H,11H2,1H3. The summed E-state index contributed by atoms with van der Waals surface area (Å²) in [4.78, 5) is 0. The van der Waals surface area contributed by atoms with E-state index in [-0.39, 0.29) is 0 Å². The first-order valence-corrected chi connectivity index (χ1v) is 6.92. The van der Waals surface area contributed by atoms with Crippen molar-refractivity contribution in [2.24, 2.45) is 0 Å². The second-order valence-corrected chi connectivity index (χ2v) is 5.36. The van der Waals surface area contributed by atoms with Crippen LogP contribution in [0.25, 0.3) is 11.1 Å². The predicted molar refractivity (Wildman–Crippen MR) is 83.0 cm³/mol. The van der Waals surface area contributed by atoms with Crippen LogP contribution in [0.5, 0.6) is 0 Å². The van der Waals surface area contributed by atoms with Gasteiger partial charge in [-0.15, -0.1) is 0 Å². The molecule has 2 nitrogen and oxygen atoms in total. The fourth-order valence-electron chi connectivity index (χ4n) is 2.25. The molecule has 0 atom stereocenters. The molecular formula is C17H15ClN2. The highest BCUT2D eigenvalue weighted by Gasteiger charge is 2.03. The summed E-state index contributed by atoms with van der Waals surface area (Å²) in [5.41, 5.74) is 4.74. The van der Waals surface area contributed by atoms with E-state index in [9.17, 15) is 0 Å². The summed E-state index contributed by atoms with van der Waals surface area (Å²) in [6, 6.07) is 16.3. The molecule has 20 heavy (non-hydrogen) atoms. The number of aromatic nitrogens is 2. The van der Waals surface area contributed by atoms with Gasteiger partial charge in [0.1, 0.15) is 0 Å². The fraction of sp³-hybridized carbons (Fsp3) is 0.118. The van der Waals surface area contributed by atoms with Gasteiger partial charge in [-0.25, -0.2) is 0 Å². The van der Waals surface area contributed by atoms with Crippen molar-refractivity contribution in [3.8, 4) is 11.1 Å². The fourth-order valence-corrected chi connectivity index (χ4v) is 2.46. The Morgan fingerprint density at radius 2 is 1.90 bits per heavy atom. The summed E-state index contributed by atoms with van der Waals surface area (Å²) in [6.45, 7) is 2.83. The molecule has 2 aromatic carbocycles. The Bertz CT molecular complexity index is 731. The summed E-state index contributed by atoms with van der Waals surface area (Å²) in [7, 11) is 0. The van der Waals surface area contributed by atoms with Crippen molar-refractivity contribution in [2.75, 3.05) is 0 Å². The molecule has 1 heterocycles. The molecular weight excluding hydrogens is 268 g/mol. The van der Waals surface area contributed by atoms with Gasteiger partial charge in [0, 0.05) is 16.8 Å². The molecule has 0 fully saturated rings. The maximum Gasteiger partial charge on any atom is 0.0660 e. The third kappa shape index (κ3) is 2.91. The molecule has 0 saturated carbocycles. The van der Waals surface area contributed by atoms with Crippen molar-refractivity contribution >= 4 is 11.6 Å². The largest absolute Gasteiger partial charge is 0.268 e. The molecule has 0 spiro atoms. The van der Waals surface area contributed by atoms with Crippen LogP contribution in [0.2, 0.25) is 5.02 Å². The zero-order valence-corrected chi connectivity index (χ0v) is 12.0. The second kappa shape index (κ2) is 5.51. The highest BCUT2D eigenvalue weighted by atomic mass is 35.5. The lowest BCUT2D eigenvalue weighted by molar-refractivity contribution is 0.687. The minimum Gasteiger partial charge on any atom is -0.268 e. The van der Waals surface area contributed by atoms with Crippen LogP contribution < -0.4 is 0 Å². The molecule has 0 radical (unpaired) electrons. The first-order valence-electron chi connectivity index (χ1n) is 6.55. The SMILES string of the molecule is Cc1cccc(-c2cnn(Cc3cccc(Cl)c3)c2)c1. The topological polar surface area (TPSA) is 17.8 Å². The van der Waals surface area contributed by atoms with Crippen LogP contribution >= 0.6 is 11.6 Å². The molecule has 0 aliphatic carbocycles. The van der Waals surface area contributed by atoms with Gasteiger partial charge in [0.05, 0.1) is 12.7 Å². The van der Waals surface area contributed by atoms with Gasteiger partial charge in [-0.05, 0) is 30.2 Å². The van der Waals surface area contributed by atoms with Crippen molar-refractivity contribution in [1.82, 2.24) is 9.78 Å². The normalized spacial score (nSPS) is 10.7. The minimum atomic E-state index is 0.729. The zero-order chi connectivity index (χ0) is 13.9. The number of benzene rings is 2. The Labute approximate surface area is 123 Å². The Morgan fingerprint density at radius 3 is 2.70 bits per heavy atom. The Kier molecular flexibility index (Phi) is 3.57. The van der Waals surface area contributed by atoms with Gasteiger partial charge in [-0.1, -0.05) is 53.6 Å². The van der Waals surface area contributed by atoms with Gasteiger partial charge in [-0.2, -0.15) is 5.10 Å². The Hall–Kier alpha value is -2.06. The third-order valence-electron chi connectivity index (χ3n) is 3.22. The monoisotopic (exact) mass is 282 g/mol. The number of hydrogen-bond donors (Lipinski definition) is 0. The maximum atomic E-state index is 6.00. The second-order valence-electron chi connectivity index (χ2n) is 4.93. The van der Waals surface area contributed by atoms with Gasteiger partial charge in [0.2, 0.25) is 0 Å². The molecule has 0 bridgehead atoms. The van der Waals surface area contributed by atoms with E-state index in [2.05, 4.69) is 48.6 Å². The molecule has 3 heteroatoms. The average Bonchev–Trinajstić information content (AvgIpc) is 2.87. The van der Waals surface area contributed by atoms with E-state index >= 15 is 0 Å². The molecule has 0 saturated heterocycles. The number of hydrogen-bond acceptors (Lipinski definition) is 1. The molecule has 0 unspecified atom stereocenters. The average molecular weight is 283 g/mol. The van der Waals surface area contributed by atoms with Crippen molar-refractivity contribution in [1.29, 1.82) is 0 Å². The van der Waals surface area contributed by atoms with E-state index < -0.39 is 0 Å². The Balaban J connectivity index is 1.84. The zero-order valence-electron chi connectivity index (χ0n) is 11.3. The molecule has 0 N–H and O–H groups in total. The summed E-state index contributed by atoms with van der Waals surface area (Å²) in [5.74, 6) is 0. The summed E-state index contributed by atoms with van der Waals surface area (Å²) in [5, 5.41) is 5.18. The molecule has 0 aliphatic rings. The van der Waals surface area contributed by atoms with Crippen LogP contribution in [-0.2, 0) is 6.54 Å². The lowest BCUT2D eigenvalue weighted by Gasteiger charge is -2.02. The maximum absolute atomic E-state index is 6.00. The van der Waals surface area contributed by atoms with Crippen molar-refractivity contribution < 1.29 is 0 Å². The quantitative estimate of drug-likeness (QED) is 0.688. The number of rotatable bonds is 3. The molecule has 100 valence electrons. The summed E-state index contributed by atoms with van der Waals surface area (Å²) in [6.07, 6.45) is 3.97. The Morgan fingerprint density at radius 1 is 1.05 bits per heavy atom. The predicted octanol–water partition coefficient (Wildman–Crippen LogP) is 4.56. The van der Waals surface area contributed by atoms with Crippen LogP contribution in [0.4, 0.5) is 0 Å². The smallest absolute Gasteiger partial charge is 0.0660 e. The number of aryl methyl sites for hydroxylation is 1. The van der Waals surface area contributed by atoms with Gasteiger partial charge in [0.25, 0.3) is 0 Å². The van der Waals surface area contributed by atoms with Crippen LogP contribution in [0.3, 0.4) is 0 Å². The van der Waals surface area contributed by atoms with Gasteiger partial charge in [-0.3, -0.25) is 4.68 Å². The van der Waals surface area contributed by atoms with Gasteiger partial charge in [0.15, 0.2) is 0 Å². The third-order valence-corrected chi connectivity index (χ3v) is 3.45. The highest BCUT2D eigenvalue weighted by Crippen LogP contribution is 2.20. The molecule has 3 aromatic rings. The van der Waals surface area contributed by atoms with Crippen molar-refractivity contribution in [3.63, 3.8) is 0 Å². The van der Waals surface area contributed by atoms with E-state index in [0.717, 1.165) is 22.7 Å². The van der Waals surface area contributed by atoms with E-state index in [4.69, 9.17) is 11.6 Å². The summed E-state index contributed by atoms with van der Waals surface area (Å²) < 4.78 is 1.93. The van der Waals surface area contributed by atoms with Gasteiger partial charge < -0.3 is 0 Å². The molecule has 0 amide bonds. The first-order chi connectivity index (χ1) is 9.70. The van der Waals surface area contributed by atoms with Crippen LogP contribution in [0, 0.1) is 6.92 Å². The molecule has 0 aliphatic heterocycles. The molecule has 1 aromatic heterocycles. The molecule has 3 rings (SSSR count). The summed E-state index contributed by atoms with van der Waals surface area (Å²) >= 11 is 6.00. The van der Waals surface area contributed by atoms with Crippen LogP contribution in [0.1, 0.15) is 11.1 Å². The lowest BCUT2D eigenvalue weighted by atomic mass is 10.1. The first kappa shape index (κ1) is 12.9.